The second-order valence-electron chi connectivity index (χ2n) is 9.74. The molecule has 0 aromatic heterocycles. The molecular formula is C28H36ClNO5. The first kappa shape index (κ1) is 28.4. The van der Waals surface area contributed by atoms with Crippen LogP contribution in [0.15, 0.2) is 54.1 Å². The summed E-state index contributed by atoms with van der Waals surface area (Å²) in [4.78, 5) is 23.8. The molecule has 0 saturated carbocycles. The summed E-state index contributed by atoms with van der Waals surface area (Å²) < 4.78 is 4.69. The number of halogens is 1. The number of piperidine rings is 1. The number of para-hydroxylation sites is 1. The molecular weight excluding hydrogens is 466 g/mol. The van der Waals surface area contributed by atoms with Crippen molar-refractivity contribution in [1.29, 1.82) is 0 Å². The Kier molecular flexibility index (Phi) is 9.52. The lowest BCUT2D eigenvalue weighted by Gasteiger charge is -2.54. The highest BCUT2D eigenvalue weighted by Crippen LogP contribution is 2.49. The molecule has 0 amide bonds. The summed E-state index contributed by atoms with van der Waals surface area (Å²) in [6.07, 6.45) is 4.64. The van der Waals surface area contributed by atoms with Gasteiger partial charge in [-0.05, 0) is 80.0 Å². The number of rotatable bonds is 4. The number of hydrogen-bond acceptors (Lipinski definition) is 5. The molecule has 0 radical (unpaired) electrons. The van der Waals surface area contributed by atoms with Crippen LogP contribution < -0.4 is 4.74 Å². The molecule has 35 heavy (non-hydrogen) atoms. The highest BCUT2D eigenvalue weighted by molar-refractivity contribution is 5.91. The first-order valence-corrected chi connectivity index (χ1v) is 11.7. The van der Waals surface area contributed by atoms with E-state index in [2.05, 4.69) is 49.5 Å². The second-order valence-corrected chi connectivity index (χ2v) is 9.74. The molecule has 1 aliphatic carbocycles. The quantitative estimate of drug-likeness (QED) is 0.321. The molecule has 2 bridgehead atoms. The number of phenols is 1. The zero-order valence-electron chi connectivity index (χ0n) is 21.1. The highest BCUT2D eigenvalue weighted by Gasteiger charge is 2.48. The van der Waals surface area contributed by atoms with Crippen molar-refractivity contribution in [1.82, 2.24) is 4.90 Å². The number of carboxylic acids is 1. The number of nitrogens with zero attached hydrogens (tertiary/aromatic N) is 1. The molecule has 1 fully saturated rings. The number of carbonyl (C=O) groups is 2. The number of phenolic OH excluding ortho intramolecular Hbond substituents is 1. The van der Waals surface area contributed by atoms with Gasteiger partial charge in [0.05, 0.1) is 0 Å². The maximum atomic E-state index is 10.6. The van der Waals surface area contributed by atoms with E-state index in [4.69, 9.17) is 5.11 Å². The zero-order valence-corrected chi connectivity index (χ0v) is 21.9. The van der Waals surface area contributed by atoms with E-state index in [0.29, 0.717) is 17.7 Å². The molecule has 4 rings (SSSR count). The average Bonchev–Trinajstić information content (AvgIpc) is 2.76. The maximum Gasteiger partial charge on any atom is 0.339 e. The average molecular weight is 502 g/mol. The number of likely N-dealkylation sites (tertiary alicyclic amines) is 1. The first-order chi connectivity index (χ1) is 16.0. The number of benzene rings is 2. The van der Waals surface area contributed by atoms with Gasteiger partial charge in [-0.15, -0.1) is 12.4 Å². The van der Waals surface area contributed by atoms with Crippen LogP contribution in [0.4, 0.5) is 0 Å². The van der Waals surface area contributed by atoms with Crippen LogP contribution in [0.3, 0.4) is 0 Å². The van der Waals surface area contributed by atoms with Gasteiger partial charge < -0.3 is 14.9 Å². The van der Waals surface area contributed by atoms with Crippen molar-refractivity contribution < 1.29 is 24.5 Å². The summed E-state index contributed by atoms with van der Waals surface area (Å²) in [7, 11) is 0. The molecule has 2 aromatic carbocycles. The SMILES string of the molecule is CC(=O)Oc1ccccc1C(=O)O.CC(C)=CCN1CC[C@@]2(C)c3cc(O)ccc3C[C@H]1[C@@H]2C.Cl. The number of aromatic hydroxyl groups is 1. The van der Waals surface area contributed by atoms with Gasteiger partial charge in [-0.2, -0.15) is 0 Å². The predicted octanol–water partition coefficient (Wildman–Crippen LogP) is 5.61. The summed E-state index contributed by atoms with van der Waals surface area (Å²) in [5.41, 5.74) is 4.40. The van der Waals surface area contributed by atoms with E-state index in [0.717, 1.165) is 19.5 Å². The van der Waals surface area contributed by atoms with Crippen molar-refractivity contribution in [2.24, 2.45) is 5.92 Å². The van der Waals surface area contributed by atoms with Crippen LogP contribution in [0, 0.1) is 5.92 Å². The summed E-state index contributed by atoms with van der Waals surface area (Å²) in [5, 5.41) is 18.6. The van der Waals surface area contributed by atoms with E-state index >= 15 is 0 Å². The minimum Gasteiger partial charge on any atom is -0.508 e. The summed E-state index contributed by atoms with van der Waals surface area (Å²) >= 11 is 0. The van der Waals surface area contributed by atoms with Crippen LogP contribution in [0.2, 0.25) is 0 Å². The molecule has 6 nitrogen and oxygen atoms in total. The van der Waals surface area contributed by atoms with E-state index in [9.17, 15) is 14.7 Å². The Hall–Kier alpha value is -2.83. The molecule has 1 saturated heterocycles. The highest BCUT2D eigenvalue weighted by atomic mass is 35.5. The monoisotopic (exact) mass is 501 g/mol. The number of esters is 1. The number of carbonyl (C=O) groups excluding carboxylic acids is 1. The molecule has 190 valence electrons. The lowest BCUT2D eigenvalue weighted by atomic mass is 9.59. The number of aromatic carboxylic acids is 1. The predicted molar refractivity (Wildman–Crippen MR) is 140 cm³/mol. The fourth-order valence-corrected chi connectivity index (χ4v) is 5.11. The minimum atomic E-state index is -1.11. The molecule has 3 atom stereocenters. The van der Waals surface area contributed by atoms with E-state index in [-0.39, 0.29) is 29.1 Å². The Balaban J connectivity index is 0.000000268. The van der Waals surface area contributed by atoms with Crippen molar-refractivity contribution in [3.05, 3.63) is 70.8 Å². The summed E-state index contributed by atoms with van der Waals surface area (Å²) in [6, 6.07) is 12.6. The smallest absolute Gasteiger partial charge is 0.339 e. The third-order valence-electron chi connectivity index (χ3n) is 7.21. The number of ether oxygens (including phenoxy) is 1. The maximum absolute atomic E-state index is 10.6. The fourth-order valence-electron chi connectivity index (χ4n) is 5.11. The summed E-state index contributed by atoms with van der Waals surface area (Å²) in [6.45, 7) is 12.6. The lowest BCUT2D eigenvalue weighted by molar-refractivity contribution is -0.131. The number of hydrogen-bond donors (Lipinski definition) is 2. The molecule has 1 heterocycles. The van der Waals surface area contributed by atoms with Crippen molar-refractivity contribution in [3.8, 4) is 11.5 Å². The minimum absolute atomic E-state index is 0. The van der Waals surface area contributed by atoms with Gasteiger partial charge in [-0.3, -0.25) is 9.69 Å². The van der Waals surface area contributed by atoms with Gasteiger partial charge in [0, 0.05) is 19.5 Å². The molecule has 2 aromatic rings. The van der Waals surface area contributed by atoms with Gasteiger partial charge in [-0.25, -0.2) is 4.79 Å². The fraction of sp³-hybridized carbons (Fsp3) is 0.429. The van der Waals surface area contributed by atoms with Gasteiger partial charge >= 0.3 is 11.9 Å². The standard InChI is InChI=1S/C19H27NO.C9H8O4.ClH/c1-13(2)7-9-20-10-8-19(4)14(3)18(20)11-15-5-6-16(21)12-17(15)19;1-6(10)13-8-5-3-2-4-7(8)9(11)12;/h5-7,12,14,18,21H,8-11H2,1-4H3;2-5H,1H3,(H,11,12);1H/t14-,18-,19+;;/m0../s1. The topological polar surface area (TPSA) is 87.1 Å². The zero-order chi connectivity index (χ0) is 25.0. The van der Waals surface area contributed by atoms with E-state index < -0.39 is 11.9 Å². The van der Waals surface area contributed by atoms with Crippen LogP contribution >= 0.6 is 12.4 Å². The Labute approximate surface area is 214 Å². The van der Waals surface area contributed by atoms with E-state index in [1.807, 2.05) is 12.1 Å². The van der Waals surface area contributed by atoms with E-state index in [1.54, 1.807) is 12.1 Å². The molecule has 0 unspecified atom stereocenters. The third-order valence-corrected chi connectivity index (χ3v) is 7.21. The molecule has 7 heteroatoms. The summed E-state index contributed by atoms with van der Waals surface area (Å²) in [5.74, 6) is -0.535. The molecule has 1 aliphatic heterocycles. The number of allylic oxidation sites excluding steroid dienone is 1. The van der Waals surface area contributed by atoms with Gasteiger partial charge in [0.1, 0.15) is 17.1 Å². The largest absolute Gasteiger partial charge is 0.508 e. The lowest BCUT2D eigenvalue weighted by Crippen LogP contribution is -2.57. The third kappa shape index (κ3) is 6.44. The van der Waals surface area contributed by atoms with Gasteiger partial charge in [0.15, 0.2) is 0 Å². The van der Waals surface area contributed by atoms with Crippen molar-refractivity contribution >= 4 is 24.3 Å². The van der Waals surface area contributed by atoms with Crippen molar-refractivity contribution in [2.75, 3.05) is 13.1 Å². The van der Waals surface area contributed by atoms with Crippen molar-refractivity contribution in [2.45, 2.75) is 58.9 Å². The number of carboxylic acid groups (broad SMARTS) is 1. The van der Waals surface area contributed by atoms with Crippen molar-refractivity contribution in [3.63, 3.8) is 0 Å². The molecule has 2 aliphatic rings. The normalized spacial score (nSPS) is 22.4. The number of fused-ring (bicyclic) bond motifs is 4. The Morgan fingerprint density at radius 2 is 1.86 bits per heavy atom. The van der Waals surface area contributed by atoms with Crippen LogP contribution in [-0.4, -0.2) is 46.2 Å². The molecule has 2 N–H and O–H groups in total. The van der Waals surface area contributed by atoms with Crippen LogP contribution in [-0.2, 0) is 16.6 Å². The van der Waals surface area contributed by atoms with Gasteiger partial charge in [0.25, 0.3) is 0 Å². The van der Waals surface area contributed by atoms with Crippen LogP contribution in [0.1, 0.15) is 62.5 Å². The van der Waals surface area contributed by atoms with Gasteiger partial charge in [0.2, 0.25) is 0 Å². The second kappa shape index (κ2) is 11.7. The van der Waals surface area contributed by atoms with E-state index in [1.165, 1.54) is 42.2 Å². The first-order valence-electron chi connectivity index (χ1n) is 11.7. The Morgan fingerprint density at radius 3 is 2.49 bits per heavy atom. The Morgan fingerprint density at radius 1 is 1.17 bits per heavy atom. The van der Waals surface area contributed by atoms with Crippen LogP contribution in [0.25, 0.3) is 0 Å². The Bertz CT molecular complexity index is 1090. The molecule has 0 spiro atoms. The van der Waals surface area contributed by atoms with Crippen LogP contribution in [0.5, 0.6) is 11.5 Å². The van der Waals surface area contributed by atoms with Gasteiger partial charge in [-0.1, -0.05) is 43.7 Å².